The molecular weight excluding hydrogens is 481 g/mol. The Kier molecular flexibility index (Phi) is 6.11. The summed E-state index contributed by atoms with van der Waals surface area (Å²) in [5, 5.41) is 0.481. The number of aliphatic imine (C=N–C) groups is 1. The van der Waals surface area contributed by atoms with Crippen LogP contribution in [0.2, 0.25) is 5.02 Å². The van der Waals surface area contributed by atoms with Crippen molar-refractivity contribution in [2.45, 2.75) is 48.7 Å². The van der Waals surface area contributed by atoms with Gasteiger partial charge in [-0.15, -0.1) is 0 Å². The summed E-state index contributed by atoms with van der Waals surface area (Å²) in [6.45, 7) is 4.12. The average molecular weight is 501 g/mol. The highest BCUT2D eigenvalue weighted by Crippen LogP contribution is 2.53. The van der Waals surface area contributed by atoms with Gasteiger partial charge in [-0.25, -0.2) is 17.7 Å². The summed E-state index contributed by atoms with van der Waals surface area (Å²) in [5.41, 5.74) is -1.58. The molecule has 0 aromatic heterocycles. The van der Waals surface area contributed by atoms with Gasteiger partial charge in [0.25, 0.3) is 10.0 Å². The molecule has 0 atom stereocenters. The maximum Gasteiger partial charge on any atom is 0.416 e. The zero-order valence-corrected chi connectivity index (χ0v) is 19.3. The van der Waals surface area contributed by atoms with Gasteiger partial charge in [0.05, 0.1) is 26.7 Å². The number of amidine groups is 1. The second-order valence-corrected chi connectivity index (χ2v) is 11.0. The van der Waals surface area contributed by atoms with Gasteiger partial charge in [-0.3, -0.25) is 0 Å². The molecule has 32 heavy (non-hydrogen) atoms. The fraction of sp³-hybridized carbons (Fsp3) is 0.318. The molecule has 0 bridgehead atoms. The molecule has 2 fully saturated rings. The molecule has 1 heterocycles. The lowest BCUT2D eigenvalue weighted by atomic mass is 9.82. The van der Waals surface area contributed by atoms with Gasteiger partial charge in [0.1, 0.15) is 0 Å². The Labute approximate surface area is 194 Å². The van der Waals surface area contributed by atoms with Gasteiger partial charge in [-0.05, 0) is 43.2 Å². The maximum absolute atomic E-state index is 13.8. The number of halogens is 4. The van der Waals surface area contributed by atoms with Crippen molar-refractivity contribution in [3.05, 3.63) is 70.6 Å². The second kappa shape index (κ2) is 8.43. The van der Waals surface area contributed by atoms with Gasteiger partial charge < -0.3 is 0 Å². The van der Waals surface area contributed by atoms with Gasteiger partial charge in [0, 0.05) is 4.91 Å². The highest BCUT2D eigenvalue weighted by atomic mass is 35.5. The molecule has 2 aromatic carbocycles. The third kappa shape index (κ3) is 4.06. The van der Waals surface area contributed by atoms with E-state index in [2.05, 4.69) is 11.6 Å². The monoisotopic (exact) mass is 500 g/mol. The van der Waals surface area contributed by atoms with Crippen molar-refractivity contribution >= 4 is 44.2 Å². The standard InChI is InChI=1S/C22H20ClF3N2O2S2/c1-15-21(12-5-2-6-13-21)28(20(31-15)27-19-11-4-3-10-18(19)23)32(29,30)17-9-7-8-16(14-17)22(24,25)26/h3-4,7-11,14H,1-2,5-6,12-13H2. The Morgan fingerprint density at radius 1 is 1.06 bits per heavy atom. The minimum atomic E-state index is -4.66. The van der Waals surface area contributed by atoms with Gasteiger partial charge in [0.2, 0.25) is 0 Å². The van der Waals surface area contributed by atoms with E-state index in [1.807, 2.05) is 0 Å². The molecule has 1 aliphatic heterocycles. The summed E-state index contributed by atoms with van der Waals surface area (Å²) in [6, 6.07) is 10.5. The van der Waals surface area contributed by atoms with Crippen LogP contribution in [0.5, 0.6) is 0 Å². The van der Waals surface area contributed by atoms with Crippen LogP contribution in [0.4, 0.5) is 18.9 Å². The summed E-state index contributed by atoms with van der Waals surface area (Å²) in [5.74, 6) is 0. The SMILES string of the molecule is C=C1SC(=Nc2ccccc2Cl)N(S(=O)(=O)c2cccc(C(F)(F)F)c2)C12CCCCC2. The van der Waals surface area contributed by atoms with E-state index >= 15 is 0 Å². The summed E-state index contributed by atoms with van der Waals surface area (Å²) in [6.07, 6.45) is -1.09. The number of sulfonamides is 1. The van der Waals surface area contributed by atoms with Crippen LogP contribution in [0.25, 0.3) is 0 Å². The van der Waals surface area contributed by atoms with Gasteiger partial charge >= 0.3 is 6.18 Å². The Bertz CT molecular complexity index is 1190. The Morgan fingerprint density at radius 3 is 2.41 bits per heavy atom. The molecule has 2 aliphatic rings. The third-order valence-electron chi connectivity index (χ3n) is 5.74. The normalized spacial score (nSPS) is 20.3. The molecular formula is C22H20ClF3N2O2S2. The predicted molar refractivity (Wildman–Crippen MR) is 122 cm³/mol. The number of thioether (sulfide) groups is 1. The van der Waals surface area contributed by atoms with Crippen LogP contribution in [0, 0.1) is 0 Å². The highest BCUT2D eigenvalue weighted by Gasteiger charge is 2.54. The lowest BCUT2D eigenvalue weighted by Gasteiger charge is -2.41. The fourth-order valence-electron chi connectivity index (χ4n) is 4.15. The Balaban J connectivity index is 1.89. The molecule has 170 valence electrons. The summed E-state index contributed by atoms with van der Waals surface area (Å²) in [7, 11) is -4.37. The molecule has 0 N–H and O–H groups in total. The average Bonchev–Trinajstić information content (AvgIpc) is 3.01. The molecule has 0 amide bonds. The molecule has 1 saturated carbocycles. The van der Waals surface area contributed by atoms with Crippen molar-refractivity contribution in [2.24, 2.45) is 4.99 Å². The van der Waals surface area contributed by atoms with Crippen molar-refractivity contribution in [1.82, 2.24) is 4.31 Å². The van der Waals surface area contributed by atoms with E-state index in [1.165, 1.54) is 10.4 Å². The third-order valence-corrected chi connectivity index (χ3v) is 9.12. The van der Waals surface area contributed by atoms with E-state index in [0.29, 0.717) is 34.5 Å². The van der Waals surface area contributed by atoms with Gasteiger partial charge in [0.15, 0.2) is 5.17 Å². The van der Waals surface area contributed by atoms with Gasteiger partial charge in [-0.1, -0.05) is 67.4 Å². The first-order chi connectivity index (χ1) is 15.1. The van der Waals surface area contributed by atoms with Crippen LogP contribution < -0.4 is 0 Å². The van der Waals surface area contributed by atoms with E-state index in [1.54, 1.807) is 24.3 Å². The smallest absolute Gasteiger partial charge is 0.233 e. The van der Waals surface area contributed by atoms with E-state index in [4.69, 9.17) is 11.6 Å². The first-order valence-corrected chi connectivity index (χ1v) is 12.6. The molecule has 4 nitrogen and oxygen atoms in total. The lowest BCUT2D eigenvalue weighted by molar-refractivity contribution is -0.137. The van der Waals surface area contributed by atoms with E-state index < -0.39 is 32.2 Å². The van der Waals surface area contributed by atoms with Crippen LogP contribution in [0.1, 0.15) is 37.7 Å². The van der Waals surface area contributed by atoms with Crippen molar-refractivity contribution in [2.75, 3.05) is 0 Å². The number of hydrogen-bond donors (Lipinski definition) is 0. The van der Waals surface area contributed by atoms with Crippen molar-refractivity contribution in [1.29, 1.82) is 0 Å². The number of hydrogen-bond acceptors (Lipinski definition) is 4. The lowest BCUT2D eigenvalue weighted by Crippen LogP contribution is -2.50. The predicted octanol–water partition coefficient (Wildman–Crippen LogP) is 7.00. The number of alkyl halides is 3. The number of para-hydroxylation sites is 1. The molecule has 2 aromatic rings. The zero-order valence-electron chi connectivity index (χ0n) is 16.9. The first-order valence-electron chi connectivity index (χ1n) is 9.99. The van der Waals surface area contributed by atoms with Crippen LogP contribution >= 0.6 is 23.4 Å². The molecule has 4 rings (SSSR count). The Morgan fingerprint density at radius 2 is 1.75 bits per heavy atom. The molecule has 0 unspecified atom stereocenters. The highest BCUT2D eigenvalue weighted by molar-refractivity contribution is 8.18. The molecule has 1 spiro atoms. The largest absolute Gasteiger partial charge is 0.416 e. The quantitative estimate of drug-likeness (QED) is 0.456. The molecule has 1 aliphatic carbocycles. The number of nitrogens with zero attached hydrogens (tertiary/aromatic N) is 2. The molecule has 0 radical (unpaired) electrons. The van der Waals surface area contributed by atoms with Crippen molar-refractivity contribution < 1.29 is 21.6 Å². The summed E-state index contributed by atoms with van der Waals surface area (Å²) in [4.78, 5) is 4.71. The van der Waals surface area contributed by atoms with Crippen molar-refractivity contribution in [3.63, 3.8) is 0 Å². The summed E-state index contributed by atoms with van der Waals surface area (Å²) >= 11 is 7.37. The first kappa shape index (κ1) is 23.2. The van der Waals surface area contributed by atoms with E-state index in [9.17, 15) is 21.6 Å². The maximum atomic E-state index is 13.8. The fourth-order valence-corrected chi connectivity index (χ4v) is 7.63. The Hall–Kier alpha value is -1.97. The number of benzene rings is 2. The minimum absolute atomic E-state index is 0.141. The van der Waals surface area contributed by atoms with Crippen LogP contribution in [-0.4, -0.2) is 23.4 Å². The van der Waals surface area contributed by atoms with Crippen molar-refractivity contribution in [3.8, 4) is 0 Å². The topological polar surface area (TPSA) is 49.7 Å². The molecule has 10 heteroatoms. The minimum Gasteiger partial charge on any atom is -0.233 e. The van der Waals surface area contributed by atoms with Crippen LogP contribution in [0.3, 0.4) is 0 Å². The zero-order chi connectivity index (χ0) is 23.1. The van der Waals surface area contributed by atoms with Crippen LogP contribution in [0.15, 0.2) is 69.9 Å². The van der Waals surface area contributed by atoms with Crippen LogP contribution in [-0.2, 0) is 16.2 Å². The number of rotatable bonds is 3. The van der Waals surface area contributed by atoms with Gasteiger partial charge in [-0.2, -0.15) is 13.2 Å². The molecule has 1 saturated heterocycles. The second-order valence-electron chi connectivity index (χ2n) is 7.76. The van der Waals surface area contributed by atoms with E-state index in [-0.39, 0.29) is 5.17 Å². The van der Waals surface area contributed by atoms with E-state index in [0.717, 1.165) is 43.2 Å². The summed E-state index contributed by atoms with van der Waals surface area (Å²) < 4.78 is 68.7.